The SMILES string of the molecule is CC(=O)Nc1ccccc1Cn1c2c(c3ccccc31)C[C@@]1(O)C3Cc4ccc(O)c5c4C1(CCN3CC1CC1)[C@H]2O5. The van der Waals surface area contributed by atoms with Crippen LogP contribution in [0.3, 0.4) is 0 Å². The fourth-order valence-corrected chi connectivity index (χ4v) is 9.11. The van der Waals surface area contributed by atoms with Crippen LogP contribution >= 0.6 is 0 Å². The lowest BCUT2D eigenvalue weighted by molar-refractivity contribution is -0.173. The molecule has 2 aliphatic heterocycles. The Labute approximate surface area is 244 Å². The minimum absolute atomic E-state index is 0.00306. The maximum Gasteiger partial charge on any atom is 0.221 e. The van der Waals surface area contributed by atoms with Gasteiger partial charge in [0.2, 0.25) is 5.91 Å². The van der Waals surface area contributed by atoms with Gasteiger partial charge in [0.1, 0.15) is 0 Å². The van der Waals surface area contributed by atoms with Crippen molar-refractivity contribution in [1.29, 1.82) is 0 Å². The molecule has 7 nitrogen and oxygen atoms in total. The monoisotopic (exact) mass is 561 g/mol. The minimum atomic E-state index is -1.02. The summed E-state index contributed by atoms with van der Waals surface area (Å²) in [5, 5.41) is 28.5. The highest BCUT2D eigenvalue weighted by Gasteiger charge is 2.73. The van der Waals surface area contributed by atoms with E-state index in [1.54, 1.807) is 6.07 Å². The first-order valence-corrected chi connectivity index (χ1v) is 15.3. The summed E-state index contributed by atoms with van der Waals surface area (Å²) in [5.74, 6) is 1.33. The van der Waals surface area contributed by atoms with Gasteiger partial charge < -0.3 is 24.8 Å². The van der Waals surface area contributed by atoms with Crippen LogP contribution in [0.1, 0.15) is 60.2 Å². The molecule has 2 unspecified atom stereocenters. The average molecular weight is 562 g/mol. The number of amides is 1. The fourth-order valence-electron chi connectivity index (χ4n) is 9.11. The summed E-state index contributed by atoms with van der Waals surface area (Å²) < 4.78 is 9.25. The van der Waals surface area contributed by atoms with Crippen LogP contribution in [0.4, 0.5) is 5.69 Å². The molecule has 3 aliphatic carbocycles. The molecule has 1 saturated carbocycles. The number of likely N-dealkylation sites (tertiary alicyclic amines) is 1. The minimum Gasteiger partial charge on any atom is -0.504 e. The predicted octanol–water partition coefficient (Wildman–Crippen LogP) is 5.05. The van der Waals surface area contributed by atoms with Crippen molar-refractivity contribution in [2.45, 2.75) is 68.7 Å². The summed E-state index contributed by atoms with van der Waals surface area (Å²) in [4.78, 5) is 14.6. The number of anilines is 1. The third kappa shape index (κ3) is 3.10. The molecule has 2 fully saturated rings. The fraction of sp³-hybridized carbons (Fsp3) is 0.400. The van der Waals surface area contributed by atoms with E-state index >= 15 is 0 Å². The number of nitrogens with one attached hydrogen (secondary N) is 1. The standard InChI is InChI=1S/C35H35N3O4/c1-20(39)36-26-8-4-2-6-23(26)19-38-27-9-5-3-7-24(27)25-17-35(41)29-16-22-12-13-28(40)32-30(22)34(35,33(42-32)31(25)38)14-15-37(29)18-21-10-11-21/h2-9,12-13,21,29,33,40-41H,10-11,14-19H2,1H3,(H,36,39)/t29?,33-,34?,35+/m0/s1. The number of piperidine rings is 1. The molecule has 42 heavy (non-hydrogen) atoms. The normalized spacial score (nSPS) is 28.7. The number of para-hydroxylation sites is 2. The van der Waals surface area contributed by atoms with Gasteiger partial charge in [-0.1, -0.05) is 42.5 Å². The van der Waals surface area contributed by atoms with E-state index in [1.165, 1.54) is 25.3 Å². The molecule has 4 aromatic rings. The Morgan fingerprint density at radius 2 is 1.90 bits per heavy atom. The van der Waals surface area contributed by atoms with Gasteiger partial charge >= 0.3 is 0 Å². The van der Waals surface area contributed by atoms with Crippen LogP contribution < -0.4 is 10.1 Å². The van der Waals surface area contributed by atoms with Crippen molar-refractivity contribution in [2.24, 2.45) is 5.92 Å². The van der Waals surface area contributed by atoms with Gasteiger partial charge in [0, 0.05) is 48.1 Å². The van der Waals surface area contributed by atoms with Gasteiger partial charge in [-0.05, 0) is 73.0 Å². The van der Waals surface area contributed by atoms with Crippen molar-refractivity contribution in [3.63, 3.8) is 0 Å². The highest BCUT2D eigenvalue weighted by molar-refractivity contribution is 5.90. The van der Waals surface area contributed by atoms with Crippen molar-refractivity contribution in [1.82, 2.24) is 9.47 Å². The molecule has 3 N–H and O–H groups in total. The largest absolute Gasteiger partial charge is 0.504 e. The Kier molecular flexibility index (Phi) is 4.95. The van der Waals surface area contributed by atoms with E-state index in [0.29, 0.717) is 18.7 Å². The number of hydrogen-bond acceptors (Lipinski definition) is 5. The first kappa shape index (κ1) is 24.8. The van der Waals surface area contributed by atoms with Gasteiger partial charge in [-0.15, -0.1) is 0 Å². The summed E-state index contributed by atoms with van der Waals surface area (Å²) >= 11 is 0. The average Bonchev–Trinajstić information content (AvgIpc) is 3.65. The molecule has 5 aliphatic rings. The van der Waals surface area contributed by atoms with Gasteiger partial charge in [-0.2, -0.15) is 0 Å². The van der Waals surface area contributed by atoms with Crippen LogP contribution in [-0.2, 0) is 29.6 Å². The van der Waals surface area contributed by atoms with Gasteiger partial charge in [-0.25, -0.2) is 0 Å². The van der Waals surface area contributed by atoms with E-state index in [9.17, 15) is 15.0 Å². The first-order chi connectivity index (χ1) is 20.4. The molecule has 7 heteroatoms. The molecule has 2 bridgehead atoms. The number of carbonyl (C=O) groups excluding carboxylic acids is 1. The number of carbonyl (C=O) groups is 1. The number of phenols is 1. The number of benzene rings is 3. The molecule has 4 atom stereocenters. The van der Waals surface area contributed by atoms with Crippen molar-refractivity contribution < 1.29 is 19.7 Å². The highest BCUT2D eigenvalue weighted by Crippen LogP contribution is 2.69. The third-order valence-corrected chi connectivity index (χ3v) is 11.0. The summed E-state index contributed by atoms with van der Waals surface area (Å²) in [7, 11) is 0. The van der Waals surface area contributed by atoms with Crippen molar-refractivity contribution in [2.75, 3.05) is 18.4 Å². The van der Waals surface area contributed by atoms with Crippen molar-refractivity contribution in [3.05, 3.63) is 88.6 Å². The van der Waals surface area contributed by atoms with Gasteiger partial charge in [0.25, 0.3) is 0 Å². The summed E-state index contributed by atoms with van der Waals surface area (Å²) in [6, 6.07) is 20.2. The molecule has 0 radical (unpaired) electrons. The molecular formula is C35H35N3O4. The lowest BCUT2D eigenvalue weighted by atomic mass is 9.49. The van der Waals surface area contributed by atoms with Crippen LogP contribution in [0.25, 0.3) is 10.9 Å². The van der Waals surface area contributed by atoms with Crippen LogP contribution in [0.5, 0.6) is 11.5 Å². The van der Waals surface area contributed by atoms with Gasteiger partial charge in [0.05, 0.1) is 23.3 Å². The summed E-state index contributed by atoms with van der Waals surface area (Å²) in [5.41, 5.74) is 5.67. The van der Waals surface area contributed by atoms with E-state index < -0.39 is 17.1 Å². The zero-order valence-electron chi connectivity index (χ0n) is 23.8. The van der Waals surface area contributed by atoms with Crippen molar-refractivity contribution >= 4 is 22.5 Å². The Morgan fingerprint density at radius 3 is 2.74 bits per heavy atom. The summed E-state index contributed by atoms with van der Waals surface area (Å²) in [6.45, 7) is 4.04. The topological polar surface area (TPSA) is 87.0 Å². The molecule has 1 saturated heterocycles. The quantitative estimate of drug-likeness (QED) is 0.317. The number of aromatic nitrogens is 1. The predicted molar refractivity (Wildman–Crippen MR) is 160 cm³/mol. The van der Waals surface area contributed by atoms with Crippen LogP contribution in [0, 0.1) is 5.92 Å². The molecule has 1 spiro atoms. The Morgan fingerprint density at radius 1 is 1.10 bits per heavy atom. The maximum atomic E-state index is 13.2. The van der Waals surface area contributed by atoms with E-state index in [2.05, 4.69) is 51.2 Å². The maximum absolute atomic E-state index is 13.2. The second kappa shape index (κ2) is 8.39. The van der Waals surface area contributed by atoms with Crippen LogP contribution in [0.15, 0.2) is 60.7 Å². The molecule has 1 aromatic heterocycles. The lowest BCUT2D eigenvalue weighted by Crippen LogP contribution is -2.74. The second-order valence-corrected chi connectivity index (χ2v) is 13.2. The molecule has 9 rings (SSSR count). The number of phenolic OH excluding ortho intramolecular Hbond substituents is 1. The number of nitrogens with zero attached hydrogens (tertiary/aromatic N) is 2. The number of rotatable bonds is 5. The molecule has 214 valence electrons. The number of aliphatic hydroxyl groups is 1. The van der Waals surface area contributed by atoms with E-state index in [0.717, 1.165) is 70.8 Å². The first-order valence-electron chi connectivity index (χ1n) is 15.3. The number of aromatic hydroxyl groups is 1. The smallest absolute Gasteiger partial charge is 0.221 e. The molecule has 3 aromatic carbocycles. The Hall–Kier alpha value is -3.81. The highest BCUT2D eigenvalue weighted by atomic mass is 16.5. The molecule has 1 amide bonds. The third-order valence-electron chi connectivity index (χ3n) is 11.0. The number of hydrogen-bond donors (Lipinski definition) is 3. The molecule has 3 heterocycles. The van der Waals surface area contributed by atoms with Crippen LogP contribution in [0.2, 0.25) is 0 Å². The zero-order chi connectivity index (χ0) is 28.4. The van der Waals surface area contributed by atoms with Crippen molar-refractivity contribution in [3.8, 4) is 11.5 Å². The summed E-state index contributed by atoms with van der Waals surface area (Å²) in [6.07, 6.45) is 4.23. The van der Waals surface area contributed by atoms with E-state index in [1.807, 2.05) is 18.2 Å². The van der Waals surface area contributed by atoms with E-state index in [-0.39, 0.29) is 17.7 Å². The van der Waals surface area contributed by atoms with E-state index in [4.69, 9.17) is 4.74 Å². The van der Waals surface area contributed by atoms with Crippen LogP contribution in [-0.4, -0.2) is 50.3 Å². The second-order valence-electron chi connectivity index (χ2n) is 13.2. The van der Waals surface area contributed by atoms with Gasteiger partial charge in [-0.3, -0.25) is 9.69 Å². The Bertz CT molecular complexity index is 1810. The number of ether oxygens (including phenoxy) is 1. The zero-order valence-corrected chi connectivity index (χ0v) is 23.8. The Balaban J connectivity index is 1.28. The lowest BCUT2D eigenvalue weighted by Gasteiger charge is -2.63. The number of fused-ring (bicyclic) bond motifs is 4. The molecular weight excluding hydrogens is 526 g/mol. The van der Waals surface area contributed by atoms with Gasteiger partial charge in [0.15, 0.2) is 17.6 Å².